The molecule has 0 aromatic carbocycles. The third-order valence-electron chi connectivity index (χ3n) is 2.10. The fraction of sp³-hybridized carbons (Fsp3) is 0.818. The molecule has 1 amide bonds. The molecule has 0 bridgehead atoms. The smallest absolute Gasteiger partial charge is 0.303 e. The van der Waals surface area contributed by atoms with Crippen molar-refractivity contribution < 1.29 is 19.8 Å². The number of aliphatic hydroxyl groups is 1. The third kappa shape index (κ3) is 7.23. The highest BCUT2D eigenvalue weighted by Gasteiger charge is 2.21. The maximum atomic E-state index is 11.6. The van der Waals surface area contributed by atoms with Crippen molar-refractivity contribution in [3.05, 3.63) is 0 Å². The second kappa shape index (κ2) is 5.84. The molecule has 0 saturated heterocycles. The molecule has 0 aliphatic rings. The van der Waals surface area contributed by atoms with Gasteiger partial charge in [-0.1, -0.05) is 6.92 Å². The van der Waals surface area contributed by atoms with Crippen LogP contribution in [-0.4, -0.2) is 46.2 Å². The average Bonchev–Trinajstić information content (AvgIpc) is 1.98. The molecule has 0 aliphatic heterocycles. The summed E-state index contributed by atoms with van der Waals surface area (Å²) in [6, 6.07) is 0. The van der Waals surface area contributed by atoms with Gasteiger partial charge in [0, 0.05) is 26.4 Å². The lowest BCUT2D eigenvalue weighted by molar-refractivity contribution is -0.139. The monoisotopic (exact) mass is 231 g/mol. The van der Waals surface area contributed by atoms with Gasteiger partial charge in [-0.15, -0.1) is 0 Å². The second-order valence-electron chi connectivity index (χ2n) is 4.97. The Balaban J connectivity index is 4.10. The van der Waals surface area contributed by atoms with Gasteiger partial charge in [-0.05, 0) is 19.8 Å². The topological polar surface area (TPSA) is 77.8 Å². The zero-order valence-electron chi connectivity index (χ0n) is 10.4. The van der Waals surface area contributed by atoms with Gasteiger partial charge in [-0.2, -0.15) is 0 Å². The van der Waals surface area contributed by atoms with Gasteiger partial charge < -0.3 is 15.1 Å². The van der Waals surface area contributed by atoms with Crippen LogP contribution in [0, 0.1) is 5.92 Å². The molecule has 2 N–H and O–H groups in total. The molecule has 0 radical (unpaired) electrons. The molecule has 1 unspecified atom stereocenters. The Labute approximate surface area is 96.1 Å². The minimum absolute atomic E-state index is 0.0118. The van der Waals surface area contributed by atoms with E-state index in [9.17, 15) is 14.7 Å². The largest absolute Gasteiger partial charge is 0.481 e. The van der Waals surface area contributed by atoms with E-state index in [1.54, 1.807) is 27.8 Å². The van der Waals surface area contributed by atoms with Crippen molar-refractivity contribution in [3.63, 3.8) is 0 Å². The van der Waals surface area contributed by atoms with E-state index in [2.05, 4.69) is 0 Å². The van der Waals surface area contributed by atoms with Gasteiger partial charge in [0.1, 0.15) is 0 Å². The summed E-state index contributed by atoms with van der Waals surface area (Å²) in [6.45, 7) is 5.21. The van der Waals surface area contributed by atoms with Gasteiger partial charge >= 0.3 is 5.97 Å². The van der Waals surface area contributed by atoms with Crippen molar-refractivity contribution in [1.82, 2.24) is 4.90 Å². The number of hydrogen-bond donors (Lipinski definition) is 2. The number of rotatable bonds is 6. The highest BCUT2D eigenvalue weighted by Crippen LogP contribution is 2.11. The first-order valence-corrected chi connectivity index (χ1v) is 5.30. The molecule has 94 valence electrons. The van der Waals surface area contributed by atoms with Crippen LogP contribution in [-0.2, 0) is 9.59 Å². The molecular formula is C11H21NO4. The number of nitrogens with zero attached hydrogens (tertiary/aromatic N) is 1. The van der Waals surface area contributed by atoms with Crippen molar-refractivity contribution in [2.45, 2.75) is 39.2 Å². The molecule has 5 nitrogen and oxygen atoms in total. The van der Waals surface area contributed by atoms with Gasteiger partial charge in [0.25, 0.3) is 0 Å². The summed E-state index contributed by atoms with van der Waals surface area (Å²) in [4.78, 5) is 23.5. The Morgan fingerprint density at radius 1 is 1.31 bits per heavy atom. The number of carbonyl (C=O) groups is 2. The molecule has 0 aliphatic carbocycles. The van der Waals surface area contributed by atoms with E-state index in [0.29, 0.717) is 0 Å². The quantitative estimate of drug-likeness (QED) is 0.706. The predicted molar refractivity (Wildman–Crippen MR) is 60.0 cm³/mol. The number of carbonyl (C=O) groups excluding carboxylic acids is 1. The summed E-state index contributed by atoms with van der Waals surface area (Å²) in [6.07, 6.45) is 0.182. The number of amides is 1. The first-order chi connectivity index (χ1) is 7.11. The summed E-state index contributed by atoms with van der Waals surface area (Å²) >= 11 is 0. The van der Waals surface area contributed by atoms with E-state index in [4.69, 9.17) is 5.11 Å². The Kier molecular flexibility index (Phi) is 5.44. The molecule has 5 heteroatoms. The summed E-state index contributed by atoms with van der Waals surface area (Å²) in [5.41, 5.74) is -0.930. The van der Waals surface area contributed by atoms with Crippen LogP contribution in [0.5, 0.6) is 0 Å². The van der Waals surface area contributed by atoms with Crippen molar-refractivity contribution in [3.8, 4) is 0 Å². The van der Waals surface area contributed by atoms with Crippen molar-refractivity contribution in [2.75, 3.05) is 13.6 Å². The molecule has 0 aromatic rings. The van der Waals surface area contributed by atoms with Gasteiger partial charge in [0.15, 0.2) is 0 Å². The van der Waals surface area contributed by atoms with Gasteiger partial charge in [-0.3, -0.25) is 9.59 Å². The number of likely N-dealkylation sites (N-methyl/N-ethyl adjacent to an activating group) is 1. The molecular weight excluding hydrogens is 210 g/mol. The predicted octanol–water partition coefficient (Wildman–Crippen LogP) is 0.717. The Bertz CT molecular complexity index is 257. The van der Waals surface area contributed by atoms with Crippen LogP contribution in [0.2, 0.25) is 0 Å². The van der Waals surface area contributed by atoms with Crippen LogP contribution < -0.4 is 0 Å². The highest BCUT2D eigenvalue weighted by molar-refractivity contribution is 5.77. The molecule has 0 fully saturated rings. The number of carboxylic acid groups (broad SMARTS) is 1. The normalized spacial score (nSPS) is 13.3. The summed E-state index contributed by atoms with van der Waals surface area (Å²) in [5.74, 6) is -1.23. The highest BCUT2D eigenvalue weighted by atomic mass is 16.4. The van der Waals surface area contributed by atoms with Crippen LogP contribution in [0.3, 0.4) is 0 Å². The van der Waals surface area contributed by atoms with E-state index in [1.807, 2.05) is 0 Å². The summed E-state index contributed by atoms with van der Waals surface area (Å²) in [5, 5.41) is 18.1. The van der Waals surface area contributed by atoms with Gasteiger partial charge in [0.2, 0.25) is 5.91 Å². The van der Waals surface area contributed by atoms with Gasteiger partial charge in [0.05, 0.1) is 5.60 Å². The van der Waals surface area contributed by atoms with Crippen molar-refractivity contribution in [2.24, 2.45) is 5.92 Å². The van der Waals surface area contributed by atoms with Crippen LogP contribution >= 0.6 is 0 Å². The average molecular weight is 231 g/mol. The number of hydrogen-bond acceptors (Lipinski definition) is 3. The summed E-state index contributed by atoms with van der Waals surface area (Å²) < 4.78 is 0. The Morgan fingerprint density at radius 3 is 2.19 bits per heavy atom. The lowest BCUT2D eigenvalue weighted by atomic mass is 10.0. The molecule has 0 aromatic heterocycles. The maximum Gasteiger partial charge on any atom is 0.303 e. The lowest BCUT2D eigenvalue weighted by Crippen LogP contribution is -2.40. The van der Waals surface area contributed by atoms with Crippen LogP contribution in [0.15, 0.2) is 0 Å². The fourth-order valence-corrected chi connectivity index (χ4v) is 1.49. The number of carboxylic acids is 1. The first-order valence-electron chi connectivity index (χ1n) is 5.30. The van der Waals surface area contributed by atoms with E-state index in [-0.39, 0.29) is 31.2 Å². The SMILES string of the molecule is CC(CC(=O)O)CC(=O)N(C)CC(C)(C)O. The Morgan fingerprint density at radius 2 is 1.81 bits per heavy atom. The Hall–Kier alpha value is -1.10. The van der Waals surface area contributed by atoms with Crippen LogP contribution in [0.1, 0.15) is 33.6 Å². The van der Waals surface area contributed by atoms with E-state index >= 15 is 0 Å². The van der Waals surface area contributed by atoms with E-state index < -0.39 is 11.6 Å². The number of aliphatic carboxylic acids is 1. The zero-order chi connectivity index (χ0) is 12.9. The van der Waals surface area contributed by atoms with Crippen molar-refractivity contribution in [1.29, 1.82) is 0 Å². The van der Waals surface area contributed by atoms with Crippen molar-refractivity contribution >= 4 is 11.9 Å². The maximum absolute atomic E-state index is 11.6. The van der Waals surface area contributed by atoms with Gasteiger partial charge in [-0.25, -0.2) is 0 Å². The van der Waals surface area contributed by atoms with E-state index in [1.165, 1.54) is 4.90 Å². The van der Waals surface area contributed by atoms with E-state index in [0.717, 1.165) is 0 Å². The third-order valence-corrected chi connectivity index (χ3v) is 2.10. The van der Waals surface area contributed by atoms with Crippen LogP contribution in [0.25, 0.3) is 0 Å². The molecule has 0 saturated carbocycles. The minimum Gasteiger partial charge on any atom is -0.481 e. The lowest BCUT2D eigenvalue weighted by Gasteiger charge is -2.26. The molecule has 16 heavy (non-hydrogen) atoms. The zero-order valence-corrected chi connectivity index (χ0v) is 10.4. The minimum atomic E-state index is -0.930. The first kappa shape index (κ1) is 14.9. The molecule has 1 atom stereocenters. The fourth-order valence-electron chi connectivity index (χ4n) is 1.49. The van der Waals surface area contributed by atoms with Crippen LogP contribution in [0.4, 0.5) is 0 Å². The second-order valence-corrected chi connectivity index (χ2v) is 4.97. The standard InChI is InChI=1S/C11H21NO4/c1-8(6-10(14)15)5-9(13)12(4)7-11(2,3)16/h8,16H,5-7H2,1-4H3,(H,14,15). The molecule has 0 spiro atoms. The molecule has 0 heterocycles. The molecule has 0 rings (SSSR count). The summed E-state index contributed by atoms with van der Waals surface area (Å²) in [7, 11) is 1.60.